The molecule has 6 aromatic rings. The summed E-state index contributed by atoms with van der Waals surface area (Å²) >= 11 is 0. The maximum absolute atomic E-state index is 14.0. The van der Waals surface area contributed by atoms with Crippen LogP contribution in [0.5, 0.6) is 0 Å². The lowest BCUT2D eigenvalue weighted by atomic mass is 9.99. The van der Waals surface area contributed by atoms with Gasteiger partial charge in [0.05, 0.1) is 17.2 Å². The fourth-order valence-electron chi connectivity index (χ4n) is 5.74. The number of nitrogens with two attached hydrogens (primary N) is 1. The average molecular weight is 587 g/mol. The number of pyridine rings is 1. The molecular formula is C31H25F3N6O3. The Morgan fingerprint density at radius 1 is 1.00 bits per heavy atom. The summed E-state index contributed by atoms with van der Waals surface area (Å²) in [4.78, 5) is 16.0. The Morgan fingerprint density at radius 3 is 2.51 bits per heavy atom. The lowest BCUT2D eigenvalue weighted by molar-refractivity contribution is -0.140. The number of aliphatic hydroxyl groups is 1. The number of likely N-dealkylation sites (tertiary alicyclic amines) is 1. The monoisotopic (exact) mass is 586 g/mol. The molecule has 218 valence electrons. The van der Waals surface area contributed by atoms with Crippen molar-refractivity contribution >= 4 is 27.7 Å². The lowest BCUT2D eigenvalue weighted by Gasteiger charge is -2.18. The first-order valence-electron chi connectivity index (χ1n) is 13.6. The quantitative estimate of drug-likeness (QED) is 0.287. The molecule has 4 heterocycles. The van der Waals surface area contributed by atoms with Crippen LogP contribution >= 0.6 is 0 Å². The van der Waals surface area contributed by atoms with Gasteiger partial charge in [-0.3, -0.25) is 14.3 Å². The van der Waals surface area contributed by atoms with Gasteiger partial charge < -0.3 is 15.4 Å². The van der Waals surface area contributed by atoms with E-state index in [1.165, 1.54) is 35.0 Å². The number of rotatable bonds is 5. The first-order chi connectivity index (χ1) is 20.7. The fourth-order valence-corrected chi connectivity index (χ4v) is 5.74. The van der Waals surface area contributed by atoms with Gasteiger partial charge in [0.1, 0.15) is 5.52 Å². The summed E-state index contributed by atoms with van der Waals surface area (Å²) in [7, 11) is 0. The number of alkyl halides is 3. The summed E-state index contributed by atoms with van der Waals surface area (Å²) in [5.41, 5.74) is 7.89. The number of aliphatic hydroxyl groups excluding tert-OH is 1. The maximum atomic E-state index is 14.0. The summed E-state index contributed by atoms with van der Waals surface area (Å²) < 4.78 is 49.4. The minimum absolute atomic E-state index is 0.0708. The highest BCUT2D eigenvalue weighted by Gasteiger charge is 2.38. The number of fused-ring (bicyclic) bond motifs is 2. The van der Waals surface area contributed by atoms with E-state index in [0.717, 1.165) is 34.3 Å². The van der Waals surface area contributed by atoms with Crippen molar-refractivity contribution in [3.63, 3.8) is 0 Å². The van der Waals surface area contributed by atoms with Crippen molar-refractivity contribution in [1.29, 1.82) is 0 Å². The molecule has 43 heavy (non-hydrogen) atoms. The summed E-state index contributed by atoms with van der Waals surface area (Å²) in [5.74, 6) is 0.0708. The molecule has 0 bridgehead atoms. The Hall–Kier alpha value is -4.94. The van der Waals surface area contributed by atoms with Gasteiger partial charge in [-0.2, -0.15) is 18.3 Å². The summed E-state index contributed by atoms with van der Waals surface area (Å²) in [6, 6.07) is 21.0. The molecule has 1 atom stereocenters. The van der Waals surface area contributed by atoms with Gasteiger partial charge in [0.25, 0.3) is 5.56 Å². The van der Waals surface area contributed by atoms with Crippen LogP contribution in [0.4, 0.5) is 19.0 Å². The summed E-state index contributed by atoms with van der Waals surface area (Å²) in [6.45, 7) is 2.15. The Labute approximate surface area is 242 Å². The standard InChI is InChI=1S/C31H25F3N6O3/c32-31(33,34)28-24-12-14-39(30(42)27(24)40(36-28)21-9-10-26-25(15-21)29(35)37-43-26)20-7-5-18(6-8-20)23-4-2-1-3-19(23)16-38-13-11-22(41)17-38/h1-10,12,14-15,22,41H,11,13,16-17H2,(H2,35,37)/t22-/m1/s1. The Morgan fingerprint density at radius 2 is 1.77 bits per heavy atom. The van der Waals surface area contributed by atoms with E-state index < -0.39 is 17.4 Å². The number of benzene rings is 3. The van der Waals surface area contributed by atoms with Crippen LogP contribution in [-0.2, 0) is 12.7 Å². The van der Waals surface area contributed by atoms with Gasteiger partial charge in [0.15, 0.2) is 17.1 Å². The molecule has 12 heteroatoms. The van der Waals surface area contributed by atoms with Crippen molar-refractivity contribution < 1.29 is 22.8 Å². The number of hydrogen-bond donors (Lipinski definition) is 2. The van der Waals surface area contributed by atoms with Gasteiger partial charge in [-0.25, -0.2) is 4.68 Å². The largest absolute Gasteiger partial charge is 0.435 e. The van der Waals surface area contributed by atoms with Crippen LogP contribution in [0.2, 0.25) is 0 Å². The van der Waals surface area contributed by atoms with E-state index >= 15 is 0 Å². The molecule has 0 spiro atoms. The zero-order valence-corrected chi connectivity index (χ0v) is 22.6. The first kappa shape index (κ1) is 26.9. The number of nitrogen functional groups attached to an aromatic ring is 1. The van der Waals surface area contributed by atoms with E-state index in [1.807, 2.05) is 30.3 Å². The normalized spacial score (nSPS) is 16.0. The third-order valence-corrected chi connectivity index (χ3v) is 7.84. The third kappa shape index (κ3) is 4.74. The summed E-state index contributed by atoms with van der Waals surface area (Å²) in [5, 5.41) is 17.5. The van der Waals surface area contributed by atoms with E-state index in [-0.39, 0.29) is 28.5 Å². The zero-order chi connectivity index (χ0) is 29.9. The smallest absolute Gasteiger partial charge is 0.392 e. The van der Waals surface area contributed by atoms with E-state index in [2.05, 4.69) is 21.2 Å². The minimum atomic E-state index is -4.79. The number of hydrogen-bond acceptors (Lipinski definition) is 7. The SMILES string of the molecule is Nc1noc2ccc(-n3nc(C(F)(F)F)c4ccn(-c5ccc(-c6ccccc6CN6CC[C@@H](O)C6)cc5)c(=O)c43)cc12. The van der Waals surface area contributed by atoms with Crippen molar-refractivity contribution in [2.24, 2.45) is 0 Å². The van der Waals surface area contributed by atoms with Crippen molar-refractivity contribution in [1.82, 2.24) is 24.4 Å². The van der Waals surface area contributed by atoms with Crippen molar-refractivity contribution in [2.75, 3.05) is 18.8 Å². The molecule has 1 saturated heterocycles. The molecule has 0 amide bonds. The van der Waals surface area contributed by atoms with Gasteiger partial charge in [0, 0.05) is 36.9 Å². The van der Waals surface area contributed by atoms with Crippen LogP contribution in [0.25, 0.3) is 44.4 Å². The van der Waals surface area contributed by atoms with Gasteiger partial charge >= 0.3 is 6.18 Å². The van der Waals surface area contributed by atoms with E-state index in [0.29, 0.717) is 29.7 Å². The van der Waals surface area contributed by atoms with Gasteiger partial charge in [-0.1, -0.05) is 41.6 Å². The lowest BCUT2D eigenvalue weighted by Crippen LogP contribution is -2.21. The molecule has 0 radical (unpaired) electrons. The van der Waals surface area contributed by atoms with Crippen LogP contribution in [-0.4, -0.2) is 48.7 Å². The molecule has 1 fully saturated rings. The van der Waals surface area contributed by atoms with Gasteiger partial charge in [-0.15, -0.1) is 0 Å². The Kier molecular flexibility index (Phi) is 6.33. The van der Waals surface area contributed by atoms with Crippen molar-refractivity contribution in [2.45, 2.75) is 25.2 Å². The van der Waals surface area contributed by atoms with Gasteiger partial charge in [-0.05, 0) is 59.5 Å². The molecule has 1 aliphatic rings. The number of nitrogens with zero attached hydrogens (tertiary/aromatic N) is 5. The number of aromatic nitrogens is 4. The minimum Gasteiger partial charge on any atom is -0.392 e. The highest BCUT2D eigenvalue weighted by molar-refractivity contribution is 5.90. The highest BCUT2D eigenvalue weighted by Crippen LogP contribution is 2.35. The molecular weight excluding hydrogens is 561 g/mol. The zero-order valence-electron chi connectivity index (χ0n) is 22.6. The molecule has 1 aliphatic heterocycles. The number of β-amino-alcohol motifs (C(OH)–C–C–N with tert-alkyl or cyclic N) is 1. The predicted octanol–water partition coefficient (Wildman–Crippen LogP) is 5.15. The molecule has 3 aromatic carbocycles. The van der Waals surface area contributed by atoms with Crippen LogP contribution in [0.15, 0.2) is 88.3 Å². The van der Waals surface area contributed by atoms with Crippen LogP contribution in [0.1, 0.15) is 17.7 Å². The van der Waals surface area contributed by atoms with Crippen LogP contribution < -0.4 is 11.3 Å². The Bertz CT molecular complexity index is 2040. The molecule has 3 aromatic heterocycles. The topological polar surface area (TPSA) is 115 Å². The van der Waals surface area contributed by atoms with Crippen molar-refractivity contribution in [3.05, 3.63) is 101 Å². The predicted molar refractivity (Wildman–Crippen MR) is 155 cm³/mol. The molecule has 9 nitrogen and oxygen atoms in total. The van der Waals surface area contributed by atoms with E-state index in [9.17, 15) is 23.1 Å². The van der Waals surface area contributed by atoms with E-state index in [1.54, 1.807) is 12.1 Å². The van der Waals surface area contributed by atoms with Gasteiger partial charge in [0.2, 0.25) is 0 Å². The molecule has 0 aliphatic carbocycles. The number of halogens is 3. The molecule has 0 saturated carbocycles. The third-order valence-electron chi connectivity index (χ3n) is 7.84. The van der Waals surface area contributed by atoms with E-state index in [4.69, 9.17) is 10.3 Å². The highest BCUT2D eigenvalue weighted by atomic mass is 19.4. The molecule has 7 rings (SSSR count). The fraction of sp³-hybridized carbons (Fsp3) is 0.194. The Balaban J connectivity index is 1.30. The molecule has 0 unspecified atom stereocenters. The van der Waals surface area contributed by atoms with Crippen LogP contribution in [0.3, 0.4) is 0 Å². The van der Waals surface area contributed by atoms with Crippen LogP contribution in [0, 0.1) is 0 Å². The second-order valence-electron chi connectivity index (χ2n) is 10.6. The molecule has 3 N–H and O–H groups in total. The maximum Gasteiger partial charge on any atom is 0.435 e. The second kappa shape index (κ2) is 10.1. The average Bonchev–Trinajstić information content (AvgIpc) is 3.70. The number of anilines is 1. The first-order valence-corrected chi connectivity index (χ1v) is 13.6. The van der Waals surface area contributed by atoms with Crippen molar-refractivity contribution in [3.8, 4) is 22.5 Å². The summed E-state index contributed by atoms with van der Waals surface area (Å²) in [6.07, 6.45) is -3.02. The second-order valence-corrected chi connectivity index (χ2v) is 10.6.